The first kappa shape index (κ1) is 29.6. The molecule has 8 nitrogen and oxygen atoms in total. The molecule has 4 heterocycles. The van der Waals surface area contributed by atoms with Crippen molar-refractivity contribution in [2.75, 3.05) is 19.7 Å². The average Bonchev–Trinajstić information content (AvgIpc) is 3.73. The van der Waals surface area contributed by atoms with Crippen LogP contribution in [-0.2, 0) is 16.2 Å². The third-order valence-electron chi connectivity index (χ3n) is 7.02. The lowest BCUT2D eigenvalue weighted by molar-refractivity contribution is -0.133. The molecular formula is C27H25F6N5O3S. The summed E-state index contributed by atoms with van der Waals surface area (Å²) in [6.07, 6.45) is -4.45. The summed E-state index contributed by atoms with van der Waals surface area (Å²) >= 11 is 1.38. The second-order valence-electron chi connectivity index (χ2n) is 9.69. The number of hydrogen-bond acceptors (Lipinski definition) is 7. The third-order valence-corrected chi connectivity index (χ3v) is 8.02. The Bertz CT molecular complexity index is 1480. The second-order valence-corrected chi connectivity index (χ2v) is 10.6. The lowest BCUT2D eigenvalue weighted by atomic mass is 9.97. The molecule has 0 bridgehead atoms. The number of likely N-dealkylation sites (tertiary alicyclic amines) is 1. The van der Waals surface area contributed by atoms with Crippen LogP contribution < -0.4 is 4.74 Å². The maximum absolute atomic E-state index is 14.9. The molecule has 5 rings (SSSR count). The van der Waals surface area contributed by atoms with E-state index in [1.54, 1.807) is 5.38 Å². The van der Waals surface area contributed by atoms with Crippen LogP contribution in [0.3, 0.4) is 0 Å². The Morgan fingerprint density at radius 1 is 1.19 bits per heavy atom. The summed E-state index contributed by atoms with van der Waals surface area (Å²) in [5.74, 6) is -2.27. The molecule has 0 radical (unpaired) electrons. The van der Waals surface area contributed by atoms with Gasteiger partial charge in [0.15, 0.2) is 17.7 Å². The van der Waals surface area contributed by atoms with E-state index in [-0.39, 0.29) is 30.3 Å². The molecule has 2 aliphatic rings. The second kappa shape index (κ2) is 12.5. The van der Waals surface area contributed by atoms with Crippen molar-refractivity contribution in [2.24, 2.45) is 5.16 Å². The van der Waals surface area contributed by atoms with Crippen molar-refractivity contribution in [3.8, 4) is 5.75 Å². The number of halogens is 6. The van der Waals surface area contributed by atoms with Crippen LogP contribution in [0.2, 0.25) is 0 Å². The van der Waals surface area contributed by atoms with Crippen molar-refractivity contribution in [3.05, 3.63) is 75.5 Å². The average molecular weight is 614 g/mol. The summed E-state index contributed by atoms with van der Waals surface area (Å²) < 4.78 is 87.7. The number of oxime groups is 1. The van der Waals surface area contributed by atoms with Gasteiger partial charge in [-0.1, -0.05) is 17.8 Å². The first-order valence-corrected chi connectivity index (χ1v) is 13.9. The van der Waals surface area contributed by atoms with E-state index in [4.69, 9.17) is 9.57 Å². The largest absolute Gasteiger partial charge is 0.486 e. The Balaban J connectivity index is 1.18. The first-order valence-electron chi connectivity index (χ1n) is 13.0. The summed E-state index contributed by atoms with van der Waals surface area (Å²) in [4.78, 5) is 24.2. The van der Waals surface area contributed by atoms with Crippen molar-refractivity contribution in [1.29, 1.82) is 0 Å². The molecule has 2 aliphatic heterocycles. The monoisotopic (exact) mass is 613 g/mol. The molecule has 1 atom stereocenters. The number of hydrogen-bond donors (Lipinski definition) is 0. The highest BCUT2D eigenvalue weighted by molar-refractivity contribution is 7.10. The van der Waals surface area contributed by atoms with Gasteiger partial charge >= 0.3 is 0 Å². The summed E-state index contributed by atoms with van der Waals surface area (Å²) in [6, 6.07) is 2.91. The predicted octanol–water partition coefficient (Wildman–Crippen LogP) is 6.33. The molecule has 0 N–H and O–H groups in total. The molecular weight excluding hydrogens is 588 g/mol. The van der Waals surface area contributed by atoms with Crippen LogP contribution in [0.25, 0.3) is 0 Å². The minimum Gasteiger partial charge on any atom is -0.486 e. The molecule has 0 spiro atoms. The number of thiazole rings is 1. The van der Waals surface area contributed by atoms with Crippen molar-refractivity contribution in [2.45, 2.75) is 50.7 Å². The van der Waals surface area contributed by atoms with Crippen molar-refractivity contribution in [3.63, 3.8) is 0 Å². The molecule has 1 aromatic carbocycles. The van der Waals surface area contributed by atoms with Crippen molar-refractivity contribution >= 4 is 23.0 Å². The topological polar surface area (TPSA) is 81.8 Å². The Hall–Kier alpha value is -3.88. The zero-order valence-electron chi connectivity index (χ0n) is 22.0. The van der Waals surface area contributed by atoms with Gasteiger partial charge in [-0.15, -0.1) is 11.3 Å². The zero-order valence-corrected chi connectivity index (χ0v) is 22.8. The number of rotatable bonds is 10. The summed E-state index contributed by atoms with van der Waals surface area (Å²) in [5, 5.41) is 10.1. The molecule has 1 amide bonds. The number of amides is 1. The number of nitrogens with zero attached hydrogens (tertiary/aromatic N) is 5. The van der Waals surface area contributed by atoms with Crippen LogP contribution in [0.5, 0.6) is 5.75 Å². The Morgan fingerprint density at radius 2 is 1.95 bits per heavy atom. The quantitative estimate of drug-likeness (QED) is 0.197. The fourth-order valence-electron chi connectivity index (χ4n) is 4.86. The number of benzene rings is 1. The van der Waals surface area contributed by atoms with Gasteiger partial charge in [0, 0.05) is 30.8 Å². The van der Waals surface area contributed by atoms with Crippen LogP contribution in [-0.4, -0.2) is 51.0 Å². The van der Waals surface area contributed by atoms with E-state index >= 15 is 0 Å². The Kier molecular flexibility index (Phi) is 8.85. The highest BCUT2D eigenvalue weighted by Gasteiger charge is 2.33. The van der Waals surface area contributed by atoms with Gasteiger partial charge in [-0.25, -0.2) is 31.3 Å². The molecule has 2 aromatic heterocycles. The van der Waals surface area contributed by atoms with E-state index in [9.17, 15) is 31.1 Å². The van der Waals surface area contributed by atoms with E-state index < -0.39 is 54.4 Å². The molecule has 42 heavy (non-hydrogen) atoms. The Labute approximate surface area is 240 Å². The number of alkyl halides is 4. The predicted molar refractivity (Wildman–Crippen MR) is 140 cm³/mol. The van der Waals surface area contributed by atoms with Gasteiger partial charge < -0.3 is 14.5 Å². The van der Waals surface area contributed by atoms with Gasteiger partial charge in [0.05, 0.1) is 16.3 Å². The number of piperidine rings is 1. The molecule has 3 aromatic rings. The summed E-state index contributed by atoms with van der Waals surface area (Å²) in [6.45, 7) is 3.63. The van der Waals surface area contributed by atoms with Crippen molar-refractivity contribution in [1.82, 2.24) is 19.7 Å². The van der Waals surface area contributed by atoms with E-state index in [1.165, 1.54) is 28.4 Å². The maximum atomic E-state index is 14.9. The van der Waals surface area contributed by atoms with E-state index in [2.05, 4.69) is 21.8 Å². The van der Waals surface area contributed by atoms with Gasteiger partial charge in [0.2, 0.25) is 5.91 Å². The van der Waals surface area contributed by atoms with Crippen LogP contribution in [0.15, 0.2) is 41.4 Å². The van der Waals surface area contributed by atoms with Crippen LogP contribution in [0, 0.1) is 11.6 Å². The fraction of sp³-hybridized carbons (Fsp3) is 0.407. The maximum Gasteiger partial charge on any atom is 0.282 e. The molecule has 15 heteroatoms. The molecule has 1 unspecified atom stereocenters. The number of aromatic nitrogens is 3. The van der Waals surface area contributed by atoms with Gasteiger partial charge in [-0.05, 0) is 31.0 Å². The van der Waals surface area contributed by atoms with E-state index in [0.717, 1.165) is 11.1 Å². The molecule has 0 saturated carbocycles. The van der Waals surface area contributed by atoms with Crippen molar-refractivity contribution < 1.29 is 40.7 Å². The van der Waals surface area contributed by atoms with Gasteiger partial charge in [0.1, 0.15) is 36.1 Å². The zero-order chi connectivity index (χ0) is 30.0. The summed E-state index contributed by atoms with van der Waals surface area (Å²) in [7, 11) is 0. The van der Waals surface area contributed by atoms with Crippen LogP contribution in [0.4, 0.5) is 26.3 Å². The molecule has 0 aliphatic carbocycles. The first-order chi connectivity index (χ1) is 20.2. The lowest BCUT2D eigenvalue weighted by Crippen LogP contribution is -2.40. The number of ether oxygens (including phenoxy) is 1. The minimum atomic E-state index is -3.05. The van der Waals surface area contributed by atoms with Gasteiger partial charge in [-0.2, -0.15) is 5.10 Å². The number of carbonyl (C=O) groups is 1. The highest BCUT2D eigenvalue weighted by Crippen LogP contribution is 2.37. The van der Waals surface area contributed by atoms with E-state index in [1.807, 2.05) is 0 Å². The lowest BCUT2D eigenvalue weighted by Gasteiger charge is -2.31. The van der Waals surface area contributed by atoms with E-state index in [0.29, 0.717) is 48.1 Å². The number of carbonyl (C=O) groups excluding carboxylic acids is 1. The molecule has 224 valence electrons. The molecule has 1 saturated heterocycles. The van der Waals surface area contributed by atoms with Gasteiger partial charge in [-0.3, -0.25) is 9.48 Å². The highest BCUT2D eigenvalue weighted by atomic mass is 32.1. The van der Waals surface area contributed by atoms with Crippen LogP contribution in [0.1, 0.15) is 71.8 Å². The fourth-order valence-corrected chi connectivity index (χ4v) is 5.86. The molecule has 1 fully saturated rings. The smallest absolute Gasteiger partial charge is 0.282 e. The third kappa shape index (κ3) is 6.15. The summed E-state index contributed by atoms with van der Waals surface area (Å²) in [5.41, 5.74) is -0.873. The standard InChI is InChI=1S/C27H25F6N5O3S/c1-2-9-40-20-4-3-15(28)23(24(20)29)21-11-16(36-41-21)18-13-42-27(34-18)14-5-7-37(8-6-14)22(39)12-38-19(26(32)33)10-17(35-38)25(30)31/h2-4,10,13-14,21,25-26H,1,5-9,11-12H2. The van der Waals surface area contributed by atoms with Crippen LogP contribution >= 0.6 is 11.3 Å². The Morgan fingerprint density at radius 3 is 2.64 bits per heavy atom. The normalized spacial score (nSPS) is 17.6. The SMILES string of the molecule is C=CCOc1ccc(F)c(C2CC(c3csc(C4CCN(C(=O)Cn5nc(C(F)F)cc5C(F)F)CC4)n3)=NO2)c1F. The van der Waals surface area contributed by atoms with Gasteiger partial charge in [0.25, 0.3) is 12.9 Å². The minimum absolute atomic E-state index is 0.00635.